The number of nitrogens with zero attached hydrogens (tertiary/aromatic N) is 1. The van der Waals surface area contributed by atoms with Crippen molar-refractivity contribution < 1.29 is 4.79 Å². The number of carbonyl (C=O) groups excluding carboxylic acids is 1. The molecule has 0 fully saturated rings. The molecule has 3 nitrogen and oxygen atoms in total. The standard InChI is InChI=1S/C18H16N2O/c1-12(21)20-10-9-14-15-11-17(13-5-3-2-4-6-13)19-16(15)7-8-18(14)20/h2-8,11,19H,9-10H2,1H3. The van der Waals surface area contributed by atoms with Crippen LogP contribution in [0.4, 0.5) is 5.69 Å². The highest BCUT2D eigenvalue weighted by Crippen LogP contribution is 2.36. The molecule has 0 saturated carbocycles. The van der Waals surface area contributed by atoms with E-state index in [1.165, 1.54) is 16.5 Å². The molecule has 1 aliphatic rings. The molecule has 0 spiro atoms. The maximum atomic E-state index is 11.7. The highest BCUT2D eigenvalue weighted by molar-refractivity contribution is 6.00. The first-order chi connectivity index (χ1) is 10.2. The summed E-state index contributed by atoms with van der Waals surface area (Å²) in [4.78, 5) is 17.0. The fourth-order valence-corrected chi connectivity index (χ4v) is 3.21. The quantitative estimate of drug-likeness (QED) is 0.722. The third-order valence-corrected chi connectivity index (χ3v) is 4.23. The van der Waals surface area contributed by atoms with Crippen molar-refractivity contribution in [3.63, 3.8) is 0 Å². The fraction of sp³-hybridized carbons (Fsp3) is 0.167. The van der Waals surface area contributed by atoms with Gasteiger partial charge in [0.1, 0.15) is 0 Å². The topological polar surface area (TPSA) is 36.1 Å². The number of fused-ring (bicyclic) bond motifs is 3. The van der Waals surface area contributed by atoms with Gasteiger partial charge in [-0.15, -0.1) is 0 Å². The van der Waals surface area contributed by atoms with Crippen LogP contribution in [0, 0.1) is 0 Å². The minimum Gasteiger partial charge on any atom is -0.355 e. The Kier molecular flexibility index (Phi) is 2.61. The SMILES string of the molecule is CC(=O)N1CCc2c1ccc1[nH]c(-c3ccccc3)cc21. The Bertz CT molecular complexity index is 833. The van der Waals surface area contributed by atoms with Gasteiger partial charge in [-0.3, -0.25) is 4.79 Å². The summed E-state index contributed by atoms with van der Waals surface area (Å²) in [6.45, 7) is 2.42. The van der Waals surface area contributed by atoms with Gasteiger partial charge in [0.05, 0.1) is 0 Å². The first-order valence-electron chi connectivity index (χ1n) is 7.22. The molecule has 0 bridgehead atoms. The van der Waals surface area contributed by atoms with Gasteiger partial charge in [0.2, 0.25) is 5.91 Å². The lowest BCUT2D eigenvalue weighted by atomic mass is 10.1. The lowest BCUT2D eigenvalue weighted by Crippen LogP contribution is -2.25. The monoisotopic (exact) mass is 276 g/mol. The number of amides is 1. The first-order valence-corrected chi connectivity index (χ1v) is 7.22. The summed E-state index contributed by atoms with van der Waals surface area (Å²) in [5, 5.41) is 1.23. The second-order valence-corrected chi connectivity index (χ2v) is 5.49. The van der Waals surface area contributed by atoms with Gasteiger partial charge in [-0.2, -0.15) is 0 Å². The van der Waals surface area contributed by atoms with Crippen LogP contribution in [-0.2, 0) is 11.2 Å². The van der Waals surface area contributed by atoms with Gasteiger partial charge in [-0.05, 0) is 35.7 Å². The van der Waals surface area contributed by atoms with E-state index in [1.807, 2.05) is 23.1 Å². The van der Waals surface area contributed by atoms with Crippen LogP contribution in [0.1, 0.15) is 12.5 Å². The number of hydrogen-bond acceptors (Lipinski definition) is 1. The molecule has 2 aromatic carbocycles. The van der Waals surface area contributed by atoms with Crippen molar-refractivity contribution in [1.29, 1.82) is 0 Å². The Balaban J connectivity index is 1.89. The van der Waals surface area contributed by atoms with Crippen molar-refractivity contribution in [2.75, 3.05) is 11.4 Å². The average Bonchev–Trinajstić information content (AvgIpc) is 3.11. The zero-order chi connectivity index (χ0) is 14.4. The largest absolute Gasteiger partial charge is 0.355 e. The van der Waals surface area contributed by atoms with Crippen LogP contribution in [0.3, 0.4) is 0 Å². The summed E-state index contributed by atoms with van der Waals surface area (Å²) in [5.41, 5.74) is 5.79. The molecule has 3 aromatic rings. The highest BCUT2D eigenvalue weighted by atomic mass is 16.2. The van der Waals surface area contributed by atoms with Crippen LogP contribution in [0.25, 0.3) is 22.2 Å². The van der Waals surface area contributed by atoms with E-state index < -0.39 is 0 Å². The van der Waals surface area contributed by atoms with E-state index in [4.69, 9.17) is 0 Å². The smallest absolute Gasteiger partial charge is 0.223 e. The molecule has 3 heteroatoms. The Morgan fingerprint density at radius 2 is 1.95 bits per heavy atom. The molecular formula is C18H16N2O. The van der Waals surface area contributed by atoms with Gasteiger partial charge in [-0.1, -0.05) is 30.3 Å². The fourth-order valence-electron chi connectivity index (χ4n) is 3.21. The van der Waals surface area contributed by atoms with Gasteiger partial charge < -0.3 is 9.88 Å². The third-order valence-electron chi connectivity index (χ3n) is 4.23. The van der Waals surface area contributed by atoms with Crippen molar-refractivity contribution in [1.82, 2.24) is 4.98 Å². The summed E-state index contributed by atoms with van der Waals surface area (Å²) in [7, 11) is 0. The number of benzene rings is 2. The van der Waals surface area contributed by atoms with E-state index in [0.29, 0.717) is 0 Å². The van der Waals surface area contributed by atoms with E-state index >= 15 is 0 Å². The molecule has 0 atom stereocenters. The molecule has 0 radical (unpaired) electrons. The maximum absolute atomic E-state index is 11.7. The predicted molar refractivity (Wildman–Crippen MR) is 85.5 cm³/mol. The molecule has 1 N–H and O–H groups in total. The summed E-state index contributed by atoms with van der Waals surface area (Å²) in [6, 6.07) is 16.6. The van der Waals surface area contributed by atoms with E-state index in [1.54, 1.807) is 6.92 Å². The number of H-pyrrole nitrogens is 1. The van der Waals surface area contributed by atoms with Gasteiger partial charge in [0.15, 0.2) is 0 Å². The number of aromatic amines is 1. The molecule has 21 heavy (non-hydrogen) atoms. The lowest BCUT2D eigenvalue weighted by molar-refractivity contribution is -0.116. The molecule has 1 aromatic heterocycles. The van der Waals surface area contributed by atoms with Crippen LogP contribution < -0.4 is 4.90 Å². The number of anilines is 1. The molecule has 4 rings (SSSR count). The molecule has 1 aliphatic heterocycles. The lowest BCUT2D eigenvalue weighted by Gasteiger charge is -2.14. The number of hydrogen-bond donors (Lipinski definition) is 1. The molecule has 2 heterocycles. The number of nitrogens with one attached hydrogen (secondary N) is 1. The Morgan fingerprint density at radius 1 is 1.14 bits per heavy atom. The minimum absolute atomic E-state index is 0.118. The van der Waals surface area contributed by atoms with Crippen LogP contribution >= 0.6 is 0 Å². The zero-order valence-electron chi connectivity index (χ0n) is 11.9. The van der Waals surface area contributed by atoms with E-state index in [9.17, 15) is 4.79 Å². The number of carbonyl (C=O) groups is 1. The van der Waals surface area contributed by atoms with Crippen LogP contribution in [0.5, 0.6) is 0 Å². The molecule has 0 aliphatic carbocycles. The summed E-state index contributed by atoms with van der Waals surface area (Å²) < 4.78 is 0. The maximum Gasteiger partial charge on any atom is 0.223 e. The van der Waals surface area contributed by atoms with Gasteiger partial charge >= 0.3 is 0 Å². The van der Waals surface area contributed by atoms with Crippen LogP contribution in [0.2, 0.25) is 0 Å². The zero-order valence-corrected chi connectivity index (χ0v) is 11.9. The molecule has 0 saturated heterocycles. The Morgan fingerprint density at radius 3 is 2.71 bits per heavy atom. The highest BCUT2D eigenvalue weighted by Gasteiger charge is 2.24. The first kappa shape index (κ1) is 12.2. The van der Waals surface area contributed by atoms with Crippen molar-refractivity contribution in [2.24, 2.45) is 0 Å². The van der Waals surface area contributed by atoms with Gasteiger partial charge in [-0.25, -0.2) is 0 Å². The van der Waals surface area contributed by atoms with Crippen LogP contribution in [-0.4, -0.2) is 17.4 Å². The van der Waals surface area contributed by atoms with Crippen molar-refractivity contribution in [3.05, 3.63) is 54.1 Å². The third kappa shape index (κ3) is 1.85. The van der Waals surface area contributed by atoms with E-state index in [-0.39, 0.29) is 5.91 Å². The summed E-state index contributed by atoms with van der Waals surface area (Å²) in [5.74, 6) is 0.118. The molecule has 104 valence electrons. The van der Waals surface area contributed by atoms with Crippen molar-refractivity contribution in [2.45, 2.75) is 13.3 Å². The van der Waals surface area contributed by atoms with Gasteiger partial charge in [0, 0.05) is 35.8 Å². The predicted octanol–water partition coefficient (Wildman–Crippen LogP) is 3.74. The second-order valence-electron chi connectivity index (χ2n) is 5.49. The number of aromatic nitrogens is 1. The van der Waals surface area contributed by atoms with E-state index in [2.05, 4.69) is 35.3 Å². The molecule has 1 amide bonds. The Hall–Kier alpha value is -2.55. The van der Waals surface area contributed by atoms with Gasteiger partial charge in [0.25, 0.3) is 0 Å². The number of rotatable bonds is 1. The molecule has 0 unspecified atom stereocenters. The van der Waals surface area contributed by atoms with Crippen LogP contribution in [0.15, 0.2) is 48.5 Å². The molecular weight excluding hydrogens is 260 g/mol. The Labute approximate surface area is 123 Å². The summed E-state index contributed by atoms with van der Waals surface area (Å²) >= 11 is 0. The minimum atomic E-state index is 0.118. The second kappa shape index (κ2) is 4.48. The van der Waals surface area contributed by atoms with E-state index in [0.717, 1.165) is 29.9 Å². The van der Waals surface area contributed by atoms with Crippen molar-refractivity contribution >= 4 is 22.5 Å². The van der Waals surface area contributed by atoms with Crippen molar-refractivity contribution in [3.8, 4) is 11.3 Å². The summed E-state index contributed by atoms with van der Waals surface area (Å²) in [6.07, 6.45) is 0.929. The average molecular weight is 276 g/mol. The normalized spacial score (nSPS) is 13.7.